The molecule has 1 unspecified atom stereocenters. The van der Waals surface area contributed by atoms with Crippen molar-refractivity contribution >= 4 is 0 Å². The molecule has 20 heavy (non-hydrogen) atoms. The molecule has 1 aromatic rings. The van der Waals surface area contributed by atoms with Crippen LogP contribution in [0.1, 0.15) is 45.6 Å². The summed E-state index contributed by atoms with van der Waals surface area (Å²) in [6.07, 6.45) is 3.96. The van der Waals surface area contributed by atoms with Crippen LogP contribution in [0, 0.1) is 0 Å². The predicted octanol–water partition coefficient (Wildman–Crippen LogP) is 3.16. The summed E-state index contributed by atoms with van der Waals surface area (Å²) in [6, 6.07) is 8.25. The third-order valence-corrected chi connectivity index (χ3v) is 3.60. The predicted molar refractivity (Wildman–Crippen MR) is 84.3 cm³/mol. The molecule has 2 N–H and O–H groups in total. The summed E-state index contributed by atoms with van der Waals surface area (Å²) in [7, 11) is 0. The van der Waals surface area contributed by atoms with Crippen molar-refractivity contribution in [3.8, 4) is 5.75 Å². The molecule has 3 nitrogen and oxygen atoms in total. The maximum atomic E-state index is 9.49. The minimum absolute atomic E-state index is 0.165. The van der Waals surface area contributed by atoms with Crippen LogP contribution in [0.3, 0.4) is 0 Å². The Kier molecular flexibility index (Phi) is 7.63. The number of ether oxygens (including phenoxy) is 1. The third kappa shape index (κ3) is 5.93. The summed E-state index contributed by atoms with van der Waals surface area (Å²) >= 11 is 0. The van der Waals surface area contributed by atoms with E-state index in [1.54, 1.807) is 0 Å². The standard InChI is InChI=1S/C17H29NO2/c1-4-11-18-17(3,14-19)10-7-12-20-16-9-6-8-15(5-2)13-16/h6,8-9,13,18-19H,4-5,7,10-12,14H2,1-3H3. The van der Waals surface area contributed by atoms with Gasteiger partial charge in [-0.15, -0.1) is 0 Å². The molecule has 0 amide bonds. The summed E-state index contributed by atoms with van der Waals surface area (Å²) in [6.45, 7) is 8.14. The number of aliphatic hydroxyl groups is 1. The Morgan fingerprint density at radius 2 is 2.10 bits per heavy atom. The minimum Gasteiger partial charge on any atom is -0.494 e. The molecule has 1 atom stereocenters. The Labute approximate surface area is 123 Å². The number of hydrogen-bond donors (Lipinski definition) is 2. The van der Waals surface area contributed by atoms with Gasteiger partial charge in [0.1, 0.15) is 5.75 Å². The number of rotatable bonds is 10. The molecule has 0 heterocycles. The topological polar surface area (TPSA) is 41.5 Å². The lowest BCUT2D eigenvalue weighted by Crippen LogP contribution is -2.46. The summed E-state index contributed by atoms with van der Waals surface area (Å²) < 4.78 is 5.78. The Bertz CT molecular complexity index is 381. The zero-order chi connectivity index (χ0) is 14.8. The summed E-state index contributed by atoms with van der Waals surface area (Å²) in [5.74, 6) is 0.941. The van der Waals surface area contributed by atoms with E-state index < -0.39 is 0 Å². The molecule has 0 saturated heterocycles. The lowest BCUT2D eigenvalue weighted by atomic mass is 9.97. The van der Waals surface area contributed by atoms with Crippen molar-refractivity contribution in [1.82, 2.24) is 5.32 Å². The van der Waals surface area contributed by atoms with Crippen molar-refractivity contribution in [2.24, 2.45) is 0 Å². The molecule has 0 bridgehead atoms. The number of aryl methyl sites for hydroxylation is 1. The van der Waals surface area contributed by atoms with Crippen LogP contribution < -0.4 is 10.1 Å². The molecule has 0 aromatic heterocycles. The van der Waals surface area contributed by atoms with E-state index in [9.17, 15) is 5.11 Å². The van der Waals surface area contributed by atoms with Crippen LogP contribution in [-0.4, -0.2) is 30.4 Å². The smallest absolute Gasteiger partial charge is 0.119 e. The molecule has 1 rings (SSSR count). The van der Waals surface area contributed by atoms with Crippen molar-refractivity contribution in [2.75, 3.05) is 19.8 Å². The molecule has 0 fully saturated rings. The summed E-state index contributed by atoms with van der Waals surface area (Å²) in [4.78, 5) is 0. The highest BCUT2D eigenvalue weighted by Crippen LogP contribution is 2.16. The SMILES string of the molecule is CCCNC(C)(CO)CCCOc1cccc(CC)c1. The first-order chi connectivity index (χ1) is 9.63. The average molecular weight is 279 g/mol. The van der Waals surface area contributed by atoms with Gasteiger partial charge in [0, 0.05) is 5.54 Å². The first kappa shape index (κ1) is 17.0. The van der Waals surface area contributed by atoms with Crippen LogP contribution in [0.4, 0.5) is 0 Å². The second kappa shape index (κ2) is 8.98. The van der Waals surface area contributed by atoms with Crippen LogP contribution in [-0.2, 0) is 6.42 Å². The fourth-order valence-corrected chi connectivity index (χ4v) is 2.16. The van der Waals surface area contributed by atoms with E-state index in [1.165, 1.54) is 5.56 Å². The number of aliphatic hydroxyl groups excluding tert-OH is 1. The van der Waals surface area contributed by atoms with Gasteiger partial charge in [-0.1, -0.05) is 26.0 Å². The monoisotopic (exact) mass is 279 g/mol. The Morgan fingerprint density at radius 3 is 2.75 bits per heavy atom. The van der Waals surface area contributed by atoms with Gasteiger partial charge in [-0.05, 0) is 56.8 Å². The highest BCUT2D eigenvalue weighted by atomic mass is 16.5. The van der Waals surface area contributed by atoms with Crippen molar-refractivity contribution < 1.29 is 9.84 Å². The molecule has 114 valence electrons. The normalized spacial score (nSPS) is 14.0. The van der Waals surface area contributed by atoms with E-state index >= 15 is 0 Å². The third-order valence-electron chi connectivity index (χ3n) is 3.60. The van der Waals surface area contributed by atoms with E-state index in [0.29, 0.717) is 6.61 Å². The molecular formula is C17H29NO2. The Morgan fingerprint density at radius 1 is 1.30 bits per heavy atom. The van der Waals surface area contributed by atoms with E-state index in [0.717, 1.165) is 38.0 Å². The maximum Gasteiger partial charge on any atom is 0.119 e. The van der Waals surface area contributed by atoms with Crippen molar-refractivity contribution in [1.29, 1.82) is 0 Å². The molecule has 0 aliphatic heterocycles. The molecule has 1 aromatic carbocycles. The van der Waals surface area contributed by atoms with Gasteiger partial charge in [0.15, 0.2) is 0 Å². The molecule has 0 saturated carbocycles. The number of nitrogens with one attached hydrogen (secondary N) is 1. The van der Waals surface area contributed by atoms with Crippen molar-refractivity contribution in [3.05, 3.63) is 29.8 Å². The van der Waals surface area contributed by atoms with Gasteiger partial charge < -0.3 is 15.2 Å². The first-order valence-electron chi connectivity index (χ1n) is 7.71. The van der Waals surface area contributed by atoms with Gasteiger partial charge in [0.2, 0.25) is 0 Å². The summed E-state index contributed by atoms with van der Waals surface area (Å²) in [5, 5.41) is 12.9. The highest BCUT2D eigenvalue weighted by molar-refractivity contribution is 5.28. The van der Waals surface area contributed by atoms with E-state index in [-0.39, 0.29) is 12.1 Å². The molecule has 0 radical (unpaired) electrons. The lowest BCUT2D eigenvalue weighted by molar-refractivity contribution is 0.156. The van der Waals surface area contributed by atoms with Crippen molar-refractivity contribution in [2.45, 2.75) is 52.0 Å². The molecule has 3 heteroatoms. The molecule has 0 aliphatic rings. The Balaban J connectivity index is 2.32. The largest absolute Gasteiger partial charge is 0.494 e. The van der Waals surface area contributed by atoms with Gasteiger partial charge >= 0.3 is 0 Å². The molecule has 0 spiro atoms. The van der Waals surface area contributed by atoms with E-state index in [1.807, 2.05) is 12.1 Å². The fraction of sp³-hybridized carbons (Fsp3) is 0.647. The fourth-order valence-electron chi connectivity index (χ4n) is 2.16. The average Bonchev–Trinajstić information content (AvgIpc) is 2.50. The lowest BCUT2D eigenvalue weighted by Gasteiger charge is -2.28. The minimum atomic E-state index is -0.190. The Hall–Kier alpha value is -1.06. The number of hydrogen-bond acceptors (Lipinski definition) is 3. The number of benzene rings is 1. The molecule has 0 aliphatic carbocycles. The van der Waals surface area contributed by atoms with Gasteiger partial charge in [-0.25, -0.2) is 0 Å². The van der Waals surface area contributed by atoms with E-state index in [2.05, 4.69) is 38.2 Å². The first-order valence-corrected chi connectivity index (χ1v) is 7.71. The van der Waals surface area contributed by atoms with Gasteiger partial charge in [0.25, 0.3) is 0 Å². The van der Waals surface area contributed by atoms with Crippen molar-refractivity contribution in [3.63, 3.8) is 0 Å². The summed E-state index contributed by atoms with van der Waals surface area (Å²) in [5.41, 5.74) is 1.11. The van der Waals surface area contributed by atoms with Crippen LogP contribution in [0.2, 0.25) is 0 Å². The van der Waals surface area contributed by atoms with Crippen LogP contribution in [0.15, 0.2) is 24.3 Å². The van der Waals surface area contributed by atoms with E-state index in [4.69, 9.17) is 4.74 Å². The zero-order valence-electron chi connectivity index (χ0n) is 13.1. The van der Waals surface area contributed by atoms with Gasteiger partial charge in [0.05, 0.1) is 13.2 Å². The highest BCUT2D eigenvalue weighted by Gasteiger charge is 2.21. The van der Waals surface area contributed by atoms with Gasteiger partial charge in [-0.3, -0.25) is 0 Å². The zero-order valence-corrected chi connectivity index (χ0v) is 13.1. The van der Waals surface area contributed by atoms with Crippen LogP contribution in [0.25, 0.3) is 0 Å². The second-order valence-corrected chi connectivity index (χ2v) is 5.60. The van der Waals surface area contributed by atoms with Crippen LogP contribution in [0.5, 0.6) is 5.75 Å². The van der Waals surface area contributed by atoms with Crippen LogP contribution >= 0.6 is 0 Å². The van der Waals surface area contributed by atoms with Gasteiger partial charge in [-0.2, -0.15) is 0 Å². The quantitative estimate of drug-likeness (QED) is 0.646. The second-order valence-electron chi connectivity index (χ2n) is 5.60. The maximum absolute atomic E-state index is 9.49. The molecular weight excluding hydrogens is 250 g/mol.